The van der Waals surface area contributed by atoms with E-state index < -0.39 is 9.84 Å². The molecule has 0 aliphatic rings. The lowest BCUT2D eigenvalue weighted by molar-refractivity contribution is 0.581. The molecule has 0 bridgehead atoms. The molecule has 0 aromatic carbocycles. The molecule has 122 valence electrons. The number of rotatable bonds is 7. The van der Waals surface area contributed by atoms with Gasteiger partial charge in [0.15, 0.2) is 5.96 Å². The van der Waals surface area contributed by atoms with Crippen LogP contribution in [0, 0.1) is 0 Å². The Hall–Kier alpha value is -0.350. The molecule has 0 radical (unpaired) electrons. The first-order valence-corrected chi connectivity index (χ1v) is 9.59. The van der Waals surface area contributed by atoms with Crippen LogP contribution in [0.4, 0.5) is 0 Å². The minimum absolute atomic E-state index is 0. The van der Waals surface area contributed by atoms with E-state index in [-0.39, 0.29) is 35.8 Å². The van der Waals surface area contributed by atoms with Crippen LogP contribution >= 0.6 is 35.3 Å². The first-order chi connectivity index (χ1) is 9.40. The maximum absolute atomic E-state index is 11.2. The fourth-order valence-electron chi connectivity index (χ4n) is 1.58. The van der Waals surface area contributed by atoms with Crippen LogP contribution in [0.2, 0.25) is 0 Å². The number of hydrogen-bond acceptors (Lipinski definition) is 4. The Morgan fingerprint density at radius 1 is 1.48 bits per heavy atom. The largest absolute Gasteiger partial charge is 0.357 e. The molecule has 0 fully saturated rings. The van der Waals surface area contributed by atoms with E-state index in [2.05, 4.69) is 15.6 Å². The van der Waals surface area contributed by atoms with Gasteiger partial charge >= 0.3 is 0 Å². The van der Waals surface area contributed by atoms with Crippen molar-refractivity contribution in [3.05, 3.63) is 22.4 Å². The lowest BCUT2D eigenvalue weighted by atomic mass is 10.3. The van der Waals surface area contributed by atoms with Gasteiger partial charge in [-0.15, -0.1) is 35.3 Å². The highest BCUT2D eigenvalue weighted by Gasteiger charge is 2.09. The molecular formula is C13H24IN3O2S2. The third kappa shape index (κ3) is 10.1. The molecular weight excluding hydrogens is 421 g/mol. The van der Waals surface area contributed by atoms with Gasteiger partial charge in [-0.2, -0.15) is 0 Å². The van der Waals surface area contributed by atoms with Gasteiger partial charge in [0.05, 0.1) is 12.3 Å². The van der Waals surface area contributed by atoms with Crippen LogP contribution in [-0.4, -0.2) is 39.0 Å². The van der Waals surface area contributed by atoms with E-state index in [0.29, 0.717) is 13.0 Å². The minimum Gasteiger partial charge on any atom is -0.357 e. The number of sulfone groups is 1. The maximum Gasteiger partial charge on any atom is 0.191 e. The average molecular weight is 445 g/mol. The zero-order valence-corrected chi connectivity index (χ0v) is 16.6. The first kappa shape index (κ1) is 20.6. The van der Waals surface area contributed by atoms with E-state index in [1.54, 1.807) is 11.3 Å². The Morgan fingerprint density at radius 2 is 2.19 bits per heavy atom. The first-order valence-electron chi connectivity index (χ1n) is 6.65. The van der Waals surface area contributed by atoms with Crippen molar-refractivity contribution >= 4 is 51.1 Å². The second-order valence-corrected chi connectivity index (χ2v) is 8.03. The lowest BCUT2D eigenvalue weighted by Crippen LogP contribution is -2.42. The van der Waals surface area contributed by atoms with E-state index in [1.165, 1.54) is 11.1 Å². The lowest BCUT2D eigenvalue weighted by Gasteiger charge is -2.17. The number of nitrogens with zero attached hydrogens (tertiary/aromatic N) is 1. The molecule has 5 nitrogen and oxygen atoms in total. The molecule has 0 aliphatic carbocycles. The average Bonchev–Trinajstić information content (AvgIpc) is 2.86. The third-order valence-corrected chi connectivity index (χ3v) is 4.46. The molecule has 1 heterocycles. The van der Waals surface area contributed by atoms with Crippen molar-refractivity contribution in [2.75, 3.05) is 18.6 Å². The van der Waals surface area contributed by atoms with Crippen molar-refractivity contribution in [2.24, 2.45) is 4.99 Å². The van der Waals surface area contributed by atoms with E-state index in [4.69, 9.17) is 0 Å². The smallest absolute Gasteiger partial charge is 0.191 e. The Morgan fingerprint density at radius 3 is 2.71 bits per heavy atom. The number of nitrogens with one attached hydrogen (secondary N) is 2. The predicted octanol–water partition coefficient (Wildman–Crippen LogP) is 2.24. The third-order valence-electron chi connectivity index (χ3n) is 2.62. The maximum atomic E-state index is 11.2. The zero-order valence-electron chi connectivity index (χ0n) is 12.6. The van der Waals surface area contributed by atoms with Gasteiger partial charge in [-0.1, -0.05) is 6.07 Å². The zero-order chi connectivity index (χ0) is 15.0. The minimum atomic E-state index is -2.91. The summed E-state index contributed by atoms with van der Waals surface area (Å²) in [6.07, 6.45) is 1.83. The molecule has 1 aromatic heterocycles. The summed E-state index contributed by atoms with van der Waals surface area (Å²) in [6, 6.07) is 4.11. The summed E-state index contributed by atoms with van der Waals surface area (Å²) in [5, 5.41) is 8.43. The molecule has 1 atom stereocenters. The Kier molecular flexibility index (Phi) is 10.2. The van der Waals surface area contributed by atoms with Crippen LogP contribution in [0.15, 0.2) is 22.5 Å². The van der Waals surface area contributed by atoms with Gasteiger partial charge in [0.25, 0.3) is 0 Å². The topological polar surface area (TPSA) is 70.6 Å². The number of hydrogen-bond donors (Lipinski definition) is 2. The monoisotopic (exact) mass is 445 g/mol. The highest BCUT2D eigenvalue weighted by atomic mass is 127. The highest BCUT2D eigenvalue weighted by molar-refractivity contribution is 14.0. The summed E-state index contributed by atoms with van der Waals surface area (Å²) in [7, 11) is -2.91. The van der Waals surface area contributed by atoms with Crippen LogP contribution in [0.5, 0.6) is 0 Å². The second kappa shape index (κ2) is 10.4. The summed E-state index contributed by atoms with van der Waals surface area (Å²) >= 11 is 1.67. The SMILES string of the molecule is CCNC(=NCc1cccs1)NC(C)CCS(C)(=O)=O.I. The summed E-state index contributed by atoms with van der Waals surface area (Å²) in [5.74, 6) is 0.910. The van der Waals surface area contributed by atoms with Gasteiger partial charge in [0, 0.05) is 23.7 Å². The molecule has 0 amide bonds. The van der Waals surface area contributed by atoms with Crippen LogP contribution in [0.3, 0.4) is 0 Å². The molecule has 1 aromatic rings. The van der Waals surface area contributed by atoms with Crippen LogP contribution in [0.25, 0.3) is 0 Å². The highest BCUT2D eigenvalue weighted by Crippen LogP contribution is 2.09. The van der Waals surface area contributed by atoms with E-state index >= 15 is 0 Å². The van der Waals surface area contributed by atoms with E-state index in [0.717, 1.165) is 12.5 Å². The summed E-state index contributed by atoms with van der Waals surface area (Å²) < 4.78 is 22.3. The van der Waals surface area contributed by atoms with Gasteiger partial charge in [0.1, 0.15) is 9.84 Å². The van der Waals surface area contributed by atoms with Crippen molar-refractivity contribution < 1.29 is 8.42 Å². The predicted molar refractivity (Wildman–Crippen MR) is 101 cm³/mol. The summed E-state index contributed by atoms with van der Waals surface area (Å²) in [6.45, 7) is 5.37. The van der Waals surface area contributed by atoms with Gasteiger partial charge in [-0.05, 0) is 31.7 Å². The standard InChI is InChI=1S/C13H23N3O2S2.HI/c1-4-14-13(15-10-12-6-5-8-19-12)16-11(2)7-9-20(3,17)18;/h5-6,8,11H,4,7,9-10H2,1-3H3,(H2,14,15,16);1H. The number of guanidine groups is 1. The van der Waals surface area contributed by atoms with Crippen molar-refractivity contribution in [1.29, 1.82) is 0 Å². The van der Waals surface area contributed by atoms with Gasteiger partial charge in [-0.3, -0.25) is 0 Å². The molecule has 0 saturated carbocycles. The summed E-state index contributed by atoms with van der Waals surface area (Å²) in [5.41, 5.74) is 0. The Balaban J connectivity index is 0.00000400. The van der Waals surface area contributed by atoms with Crippen molar-refractivity contribution in [1.82, 2.24) is 10.6 Å². The second-order valence-electron chi connectivity index (χ2n) is 4.74. The fraction of sp³-hybridized carbons (Fsp3) is 0.615. The summed E-state index contributed by atoms with van der Waals surface area (Å²) in [4.78, 5) is 5.70. The van der Waals surface area contributed by atoms with Crippen LogP contribution < -0.4 is 10.6 Å². The van der Waals surface area contributed by atoms with Crippen molar-refractivity contribution in [2.45, 2.75) is 32.9 Å². The quantitative estimate of drug-likeness (QED) is 0.384. The van der Waals surface area contributed by atoms with E-state index in [1.807, 2.05) is 31.4 Å². The van der Waals surface area contributed by atoms with Gasteiger partial charge in [-0.25, -0.2) is 13.4 Å². The number of aliphatic imine (C=N–C) groups is 1. The van der Waals surface area contributed by atoms with Crippen molar-refractivity contribution in [3.63, 3.8) is 0 Å². The molecule has 0 aliphatic heterocycles. The number of thiophene rings is 1. The van der Waals surface area contributed by atoms with Crippen LogP contribution in [0.1, 0.15) is 25.1 Å². The molecule has 1 rings (SSSR count). The molecule has 0 spiro atoms. The molecule has 2 N–H and O–H groups in total. The fourth-order valence-corrected chi connectivity index (χ4v) is 2.99. The van der Waals surface area contributed by atoms with Gasteiger partial charge < -0.3 is 10.6 Å². The molecule has 0 saturated heterocycles. The molecule has 8 heteroatoms. The Labute approximate surface area is 148 Å². The van der Waals surface area contributed by atoms with Crippen LogP contribution in [-0.2, 0) is 16.4 Å². The Bertz CT molecular complexity index is 516. The van der Waals surface area contributed by atoms with Crippen molar-refractivity contribution in [3.8, 4) is 0 Å². The normalized spacial score (nSPS) is 13.4. The number of halogens is 1. The van der Waals surface area contributed by atoms with Gasteiger partial charge in [0.2, 0.25) is 0 Å². The van der Waals surface area contributed by atoms with E-state index in [9.17, 15) is 8.42 Å². The molecule has 1 unspecified atom stereocenters. The molecule has 21 heavy (non-hydrogen) atoms.